The van der Waals surface area contributed by atoms with Gasteiger partial charge in [0.05, 0.1) is 36.1 Å². The number of pyridine rings is 1. The van der Waals surface area contributed by atoms with Gasteiger partial charge in [0.15, 0.2) is 0 Å². The van der Waals surface area contributed by atoms with Crippen molar-refractivity contribution in [2.24, 2.45) is 5.92 Å². The summed E-state index contributed by atoms with van der Waals surface area (Å²) in [5, 5.41) is 0. The summed E-state index contributed by atoms with van der Waals surface area (Å²) in [7, 11) is 0. The largest absolute Gasteiger partial charge is 0.466 e. The smallest absolute Gasteiger partial charge is 0.338 e. The molecule has 3 aromatic heterocycles. The molecule has 1 aliphatic heterocycles. The number of esters is 2. The highest BCUT2D eigenvalue weighted by molar-refractivity contribution is 5.90. The van der Waals surface area contributed by atoms with E-state index >= 15 is 0 Å². The molecule has 1 aliphatic rings. The molecule has 0 amide bonds. The van der Waals surface area contributed by atoms with Gasteiger partial charge in [-0.3, -0.25) is 4.79 Å². The molecule has 0 saturated heterocycles. The van der Waals surface area contributed by atoms with Crippen molar-refractivity contribution in [2.75, 3.05) is 13.2 Å². The Morgan fingerprint density at radius 1 is 0.972 bits per heavy atom. The summed E-state index contributed by atoms with van der Waals surface area (Å²) in [4.78, 5) is 32.6. The van der Waals surface area contributed by atoms with Crippen LogP contribution in [-0.2, 0) is 38.1 Å². The topological polar surface area (TPSA) is 87.7 Å². The minimum Gasteiger partial charge on any atom is -0.466 e. The Morgan fingerprint density at radius 3 is 2.22 bits per heavy atom. The number of aryl methyl sites for hydroxylation is 1. The Balaban J connectivity index is 0.000000201. The Hall–Kier alpha value is -3.16. The van der Waals surface area contributed by atoms with Gasteiger partial charge in [-0.25, -0.2) is 14.8 Å². The van der Waals surface area contributed by atoms with Crippen LogP contribution in [0.5, 0.6) is 0 Å². The molecule has 0 aromatic carbocycles. The number of carbonyl (C=O) groups excluding carboxylic acids is 2. The average Bonchev–Trinajstić information content (AvgIpc) is 3.43. The van der Waals surface area contributed by atoms with Gasteiger partial charge in [0.1, 0.15) is 11.5 Å². The minimum atomic E-state index is -0.305. The van der Waals surface area contributed by atoms with Crippen LogP contribution in [0.4, 0.5) is 0 Å². The van der Waals surface area contributed by atoms with Crippen LogP contribution >= 0.6 is 0 Å². The normalized spacial score (nSPS) is 15.6. The summed E-state index contributed by atoms with van der Waals surface area (Å²) in [5.41, 5.74) is 3.46. The molecule has 1 unspecified atom stereocenters. The van der Waals surface area contributed by atoms with Crippen molar-refractivity contribution >= 4 is 17.6 Å². The second-order valence-electron chi connectivity index (χ2n) is 11.2. The monoisotopic (exact) mass is 496 g/mol. The number of aromatic nitrogens is 4. The summed E-state index contributed by atoms with van der Waals surface area (Å²) in [6.45, 7) is 18.1. The first-order chi connectivity index (χ1) is 16.8. The quantitative estimate of drug-likeness (QED) is 0.466. The number of rotatable bonds is 4. The second kappa shape index (κ2) is 10.8. The SMILES string of the molecule is CCOC(=O)C1CCn2cc(C(C)(C)C)nc2C1.CCOC(=O)c1ccn2cc(C(C)(C)C)nc2c1. The first-order valence-corrected chi connectivity index (χ1v) is 12.7. The van der Waals surface area contributed by atoms with Gasteiger partial charge < -0.3 is 18.4 Å². The molecule has 0 spiro atoms. The molecule has 0 bridgehead atoms. The van der Waals surface area contributed by atoms with E-state index in [-0.39, 0.29) is 28.7 Å². The fraction of sp³-hybridized carbons (Fsp3) is 0.571. The van der Waals surface area contributed by atoms with Gasteiger partial charge in [-0.15, -0.1) is 0 Å². The maximum absolute atomic E-state index is 11.8. The molecule has 1 atom stereocenters. The first kappa shape index (κ1) is 27.4. The molecule has 196 valence electrons. The van der Waals surface area contributed by atoms with E-state index in [0.717, 1.165) is 35.8 Å². The minimum absolute atomic E-state index is 0.00386. The Bertz CT molecular complexity index is 1210. The number of ether oxygens (including phenoxy) is 2. The molecule has 4 heterocycles. The molecule has 0 aliphatic carbocycles. The van der Waals surface area contributed by atoms with Crippen LogP contribution in [0.15, 0.2) is 30.7 Å². The lowest BCUT2D eigenvalue weighted by Gasteiger charge is -2.21. The number of imidazole rings is 2. The van der Waals surface area contributed by atoms with Crippen molar-refractivity contribution in [1.82, 2.24) is 18.9 Å². The van der Waals surface area contributed by atoms with Crippen LogP contribution in [0.2, 0.25) is 0 Å². The van der Waals surface area contributed by atoms with Gasteiger partial charge in [0.2, 0.25) is 0 Å². The highest BCUT2D eigenvalue weighted by Gasteiger charge is 2.29. The van der Waals surface area contributed by atoms with Gasteiger partial charge in [-0.1, -0.05) is 41.5 Å². The summed E-state index contributed by atoms with van der Waals surface area (Å²) in [6, 6.07) is 3.51. The number of hydrogen-bond donors (Lipinski definition) is 0. The molecular weight excluding hydrogens is 456 g/mol. The highest BCUT2D eigenvalue weighted by atomic mass is 16.5. The van der Waals surface area contributed by atoms with Crippen molar-refractivity contribution in [2.45, 2.75) is 85.6 Å². The van der Waals surface area contributed by atoms with Crippen molar-refractivity contribution in [3.63, 3.8) is 0 Å². The zero-order chi connectivity index (χ0) is 26.7. The zero-order valence-electron chi connectivity index (χ0n) is 22.9. The van der Waals surface area contributed by atoms with Crippen molar-refractivity contribution < 1.29 is 19.1 Å². The van der Waals surface area contributed by atoms with Crippen molar-refractivity contribution in [1.29, 1.82) is 0 Å². The van der Waals surface area contributed by atoms with Crippen LogP contribution < -0.4 is 0 Å². The molecule has 36 heavy (non-hydrogen) atoms. The van der Waals surface area contributed by atoms with Crippen molar-refractivity contribution in [3.8, 4) is 0 Å². The van der Waals surface area contributed by atoms with Gasteiger partial charge in [0.25, 0.3) is 0 Å². The van der Waals surface area contributed by atoms with E-state index in [0.29, 0.717) is 25.2 Å². The summed E-state index contributed by atoms with van der Waals surface area (Å²) < 4.78 is 14.2. The molecule has 0 saturated carbocycles. The van der Waals surface area contributed by atoms with Crippen LogP contribution in [0.1, 0.15) is 89.4 Å². The third kappa shape index (κ3) is 6.53. The maximum Gasteiger partial charge on any atom is 0.338 e. The Kier molecular flexibility index (Phi) is 8.26. The average molecular weight is 497 g/mol. The predicted molar refractivity (Wildman–Crippen MR) is 139 cm³/mol. The van der Waals surface area contributed by atoms with Crippen LogP contribution in [0.25, 0.3) is 5.65 Å². The lowest BCUT2D eigenvalue weighted by atomic mass is 9.93. The number of fused-ring (bicyclic) bond motifs is 2. The third-order valence-electron chi connectivity index (χ3n) is 6.13. The van der Waals surface area contributed by atoms with Crippen LogP contribution in [-0.4, -0.2) is 44.1 Å². The fourth-order valence-electron chi connectivity index (χ4n) is 3.94. The van der Waals surface area contributed by atoms with E-state index in [1.807, 2.05) is 23.7 Å². The van der Waals surface area contributed by atoms with E-state index in [1.54, 1.807) is 19.1 Å². The molecular formula is C28H40N4O4. The molecule has 3 aromatic rings. The predicted octanol–water partition coefficient (Wildman–Crippen LogP) is 5.11. The van der Waals surface area contributed by atoms with E-state index < -0.39 is 0 Å². The molecule has 0 fully saturated rings. The fourth-order valence-corrected chi connectivity index (χ4v) is 3.94. The standard InChI is InChI=1S/C14H22N2O2.C14H18N2O2/c2*1-5-18-13(17)10-6-7-16-9-11(14(2,3)4)15-12(16)8-10/h9-10H,5-8H2,1-4H3;6-9H,5H2,1-4H3. The molecule has 8 heteroatoms. The highest BCUT2D eigenvalue weighted by Crippen LogP contribution is 2.27. The van der Waals surface area contributed by atoms with E-state index in [4.69, 9.17) is 9.47 Å². The molecule has 0 N–H and O–H groups in total. The summed E-state index contributed by atoms with van der Waals surface area (Å²) >= 11 is 0. The number of carbonyl (C=O) groups is 2. The lowest BCUT2D eigenvalue weighted by molar-refractivity contribution is -0.148. The summed E-state index contributed by atoms with van der Waals surface area (Å²) in [6.07, 6.45) is 7.51. The number of hydrogen-bond acceptors (Lipinski definition) is 6. The van der Waals surface area contributed by atoms with Crippen LogP contribution in [0, 0.1) is 5.92 Å². The Morgan fingerprint density at radius 2 is 1.61 bits per heavy atom. The first-order valence-electron chi connectivity index (χ1n) is 12.7. The van der Waals surface area contributed by atoms with Crippen LogP contribution in [0.3, 0.4) is 0 Å². The molecule has 4 rings (SSSR count). The van der Waals surface area contributed by atoms with Gasteiger partial charge >= 0.3 is 11.9 Å². The molecule has 8 nitrogen and oxygen atoms in total. The molecule has 0 radical (unpaired) electrons. The van der Waals surface area contributed by atoms with Gasteiger partial charge in [-0.05, 0) is 32.4 Å². The summed E-state index contributed by atoms with van der Waals surface area (Å²) in [5.74, 6) is 0.612. The third-order valence-corrected chi connectivity index (χ3v) is 6.13. The van der Waals surface area contributed by atoms with Gasteiger partial charge in [0, 0.05) is 42.4 Å². The van der Waals surface area contributed by atoms with Crippen molar-refractivity contribution in [3.05, 3.63) is 53.5 Å². The zero-order valence-corrected chi connectivity index (χ0v) is 22.9. The lowest BCUT2D eigenvalue weighted by Crippen LogP contribution is -2.27. The number of nitrogens with zero attached hydrogens (tertiary/aromatic N) is 4. The Labute approximate surface area is 214 Å². The van der Waals surface area contributed by atoms with E-state index in [2.05, 4.69) is 62.3 Å². The maximum atomic E-state index is 11.8. The van der Waals surface area contributed by atoms with Gasteiger partial charge in [-0.2, -0.15) is 0 Å². The van der Waals surface area contributed by atoms with E-state index in [9.17, 15) is 9.59 Å². The van der Waals surface area contributed by atoms with E-state index in [1.165, 1.54) is 0 Å². The second-order valence-corrected chi connectivity index (χ2v) is 11.2.